The summed E-state index contributed by atoms with van der Waals surface area (Å²) in [5.41, 5.74) is 4.84. The van der Waals surface area contributed by atoms with Gasteiger partial charge >= 0.3 is 0 Å². The van der Waals surface area contributed by atoms with Crippen LogP contribution in [0.25, 0.3) is 11.4 Å². The first-order valence-corrected chi connectivity index (χ1v) is 6.81. The van der Waals surface area contributed by atoms with Gasteiger partial charge in [-0.15, -0.1) is 0 Å². The van der Waals surface area contributed by atoms with E-state index in [0.717, 1.165) is 34.0 Å². The van der Waals surface area contributed by atoms with Crippen molar-refractivity contribution in [3.63, 3.8) is 0 Å². The fraction of sp³-hybridized carbons (Fsp3) is 0.0556. The normalized spacial score (nSPS) is 10.4. The van der Waals surface area contributed by atoms with E-state index in [1.54, 1.807) is 6.20 Å². The van der Waals surface area contributed by atoms with Crippen LogP contribution in [0, 0.1) is 13.8 Å². The average Bonchev–Trinajstić information content (AvgIpc) is 2.50. The topological polar surface area (TPSA) is 37.8 Å². The summed E-state index contributed by atoms with van der Waals surface area (Å²) in [6.45, 7) is 6.00. The van der Waals surface area contributed by atoms with E-state index in [2.05, 4.69) is 22.2 Å². The van der Waals surface area contributed by atoms with E-state index in [1.165, 1.54) is 0 Å². The molecule has 0 fully saturated rings. The van der Waals surface area contributed by atoms with Crippen LogP contribution < -0.4 is 5.32 Å². The fourth-order valence-corrected chi connectivity index (χ4v) is 2.15. The van der Waals surface area contributed by atoms with Crippen LogP contribution in [-0.2, 0) is 0 Å². The number of hydrogen-bond acceptors (Lipinski definition) is 3. The van der Waals surface area contributed by atoms with Crippen molar-refractivity contribution in [2.75, 3.05) is 5.32 Å². The molecule has 0 aliphatic carbocycles. The Hall–Kier alpha value is -2.68. The van der Waals surface area contributed by atoms with E-state index < -0.39 is 0 Å². The van der Waals surface area contributed by atoms with Crippen molar-refractivity contribution < 1.29 is 0 Å². The molecule has 1 N–H and O–H groups in total. The molecule has 0 aliphatic rings. The monoisotopic (exact) mass is 274 g/mol. The molecule has 2 aromatic carbocycles. The van der Waals surface area contributed by atoms with Crippen LogP contribution in [0.15, 0.2) is 60.8 Å². The summed E-state index contributed by atoms with van der Waals surface area (Å²) >= 11 is 0. The van der Waals surface area contributed by atoms with Crippen LogP contribution in [0.2, 0.25) is 0 Å². The van der Waals surface area contributed by atoms with Gasteiger partial charge < -0.3 is 5.32 Å². The quantitative estimate of drug-likeness (QED) is 0.770. The third kappa shape index (κ3) is 2.92. The Balaban J connectivity index is 2.03. The molecule has 0 bridgehead atoms. The molecule has 0 amide bonds. The molecule has 21 heavy (non-hydrogen) atoms. The third-order valence-electron chi connectivity index (χ3n) is 3.25. The van der Waals surface area contributed by atoms with E-state index in [4.69, 9.17) is 0 Å². The lowest BCUT2D eigenvalue weighted by Gasteiger charge is -2.13. The Morgan fingerprint density at radius 3 is 2.38 bits per heavy atom. The second-order valence-electron chi connectivity index (χ2n) is 4.85. The Labute approximate surface area is 124 Å². The summed E-state index contributed by atoms with van der Waals surface area (Å²) in [7, 11) is 0. The zero-order chi connectivity index (χ0) is 14.7. The predicted octanol–water partition coefficient (Wildman–Crippen LogP) is 4.38. The average molecular weight is 274 g/mol. The maximum absolute atomic E-state index is 4.50. The van der Waals surface area contributed by atoms with Gasteiger partial charge in [-0.05, 0) is 43.7 Å². The minimum atomic E-state index is 0.722. The first kappa shape index (κ1) is 13.3. The summed E-state index contributed by atoms with van der Waals surface area (Å²) < 4.78 is 0. The van der Waals surface area contributed by atoms with E-state index in [-0.39, 0.29) is 0 Å². The lowest BCUT2D eigenvalue weighted by Crippen LogP contribution is -1.98. The molecule has 0 atom stereocenters. The first-order valence-electron chi connectivity index (χ1n) is 6.81. The van der Waals surface area contributed by atoms with Crippen molar-refractivity contribution in [2.45, 2.75) is 6.92 Å². The van der Waals surface area contributed by atoms with Crippen molar-refractivity contribution in [1.82, 2.24) is 9.97 Å². The molecule has 1 aromatic heterocycles. The summed E-state index contributed by atoms with van der Waals surface area (Å²) in [4.78, 5) is 8.87. The van der Waals surface area contributed by atoms with Gasteiger partial charge in [0.05, 0.1) is 0 Å². The van der Waals surface area contributed by atoms with Gasteiger partial charge in [-0.25, -0.2) is 9.97 Å². The van der Waals surface area contributed by atoms with Crippen LogP contribution in [0.1, 0.15) is 11.3 Å². The first-order chi connectivity index (χ1) is 10.2. The molecule has 103 valence electrons. The zero-order valence-corrected chi connectivity index (χ0v) is 11.9. The molecule has 3 heteroatoms. The Bertz CT molecular complexity index is 766. The molecule has 3 nitrogen and oxygen atoms in total. The largest absolute Gasteiger partial charge is 0.355 e. The van der Waals surface area contributed by atoms with Gasteiger partial charge in [-0.3, -0.25) is 0 Å². The molecule has 0 saturated heterocycles. The van der Waals surface area contributed by atoms with E-state index in [0.29, 0.717) is 0 Å². The number of benzene rings is 2. The molecule has 0 unspecified atom stereocenters. The van der Waals surface area contributed by atoms with Crippen LogP contribution in [-0.4, -0.2) is 9.97 Å². The number of rotatable bonds is 3. The minimum absolute atomic E-state index is 0.722. The smallest absolute Gasteiger partial charge is 0.161 e. The minimum Gasteiger partial charge on any atom is -0.355 e. The zero-order valence-electron chi connectivity index (χ0n) is 11.9. The van der Waals surface area contributed by atoms with Gasteiger partial charge in [-0.1, -0.05) is 30.3 Å². The number of anilines is 2. The van der Waals surface area contributed by atoms with Gasteiger partial charge in [0.2, 0.25) is 0 Å². The van der Waals surface area contributed by atoms with Crippen molar-refractivity contribution in [2.24, 2.45) is 0 Å². The molecule has 3 aromatic rings. The fourth-order valence-electron chi connectivity index (χ4n) is 2.15. The molecule has 1 heterocycles. The second kappa shape index (κ2) is 5.75. The summed E-state index contributed by atoms with van der Waals surface area (Å²) in [6, 6.07) is 17.9. The number of aryl methyl sites for hydroxylation is 1. The van der Waals surface area contributed by atoms with Crippen molar-refractivity contribution in [3.05, 3.63) is 79.0 Å². The maximum Gasteiger partial charge on any atom is 0.161 e. The third-order valence-corrected chi connectivity index (χ3v) is 3.25. The van der Waals surface area contributed by atoms with Gasteiger partial charge in [0.1, 0.15) is 0 Å². The molecule has 0 spiro atoms. The lowest BCUT2D eigenvalue weighted by atomic mass is 10.1. The van der Waals surface area contributed by atoms with E-state index in [9.17, 15) is 0 Å². The predicted molar refractivity (Wildman–Crippen MR) is 86.4 cm³/mol. The Kier molecular flexibility index (Phi) is 3.65. The summed E-state index contributed by atoms with van der Waals surface area (Å²) in [5.74, 6) is 0.722. The second-order valence-corrected chi connectivity index (χ2v) is 4.85. The van der Waals surface area contributed by atoms with E-state index in [1.807, 2.05) is 61.5 Å². The highest BCUT2D eigenvalue weighted by molar-refractivity contribution is 5.78. The van der Waals surface area contributed by atoms with Crippen LogP contribution in [0.5, 0.6) is 0 Å². The molecule has 1 radical (unpaired) electrons. The number of hydrogen-bond donors (Lipinski definition) is 1. The van der Waals surface area contributed by atoms with Crippen molar-refractivity contribution >= 4 is 11.4 Å². The van der Waals surface area contributed by atoms with Gasteiger partial charge in [0.15, 0.2) is 5.82 Å². The SMILES string of the molecule is [CH2]c1ccccc1Nc1ccccc1-c1nccc(C)n1. The molecule has 3 rings (SSSR count). The molecule has 0 saturated carbocycles. The summed E-state index contributed by atoms with van der Waals surface area (Å²) in [5, 5.41) is 3.42. The highest BCUT2D eigenvalue weighted by Gasteiger charge is 2.08. The van der Waals surface area contributed by atoms with Gasteiger partial charge in [0.25, 0.3) is 0 Å². The van der Waals surface area contributed by atoms with Gasteiger partial charge in [0, 0.05) is 28.8 Å². The molecule has 0 aliphatic heterocycles. The van der Waals surface area contributed by atoms with Crippen molar-refractivity contribution in [3.8, 4) is 11.4 Å². The van der Waals surface area contributed by atoms with Gasteiger partial charge in [-0.2, -0.15) is 0 Å². The van der Waals surface area contributed by atoms with Crippen LogP contribution >= 0.6 is 0 Å². The lowest BCUT2D eigenvalue weighted by molar-refractivity contribution is 1.11. The van der Waals surface area contributed by atoms with Crippen LogP contribution in [0.3, 0.4) is 0 Å². The highest BCUT2D eigenvalue weighted by Crippen LogP contribution is 2.28. The molecular weight excluding hydrogens is 258 g/mol. The van der Waals surface area contributed by atoms with Crippen molar-refractivity contribution in [1.29, 1.82) is 0 Å². The number of para-hydroxylation sites is 2. The van der Waals surface area contributed by atoms with Crippen LogP contribution in [0.4, 0.5) is 11.4 Å². The number of aromatic nitrogens is 2. The molecular formula is C18H16N3. The summed E-state index contributed by atoms with van der Waals surface area (Å²) in [6.07, 6.45) is 1.78. The van der Waals surface area contributed by atoms with E-state index >= 15 is 0 Å². The number of nitrogens with zero attached hydrogens (tertiary/aromatic N) is 2. The Morgan fingerprint density at radius 1 is 0.905 bits per heavy atom. The standard InChI is InChI=1S/C18H16N3/c1-13-7-3-5-9-16(13)21-17-10-6-4-8-15(17)18-19-12-11-14(2)20-18/h3-12,21H,1H2,2H3. The highest BCUT2D eigenvalue weighted by atomic mass is 14.9. The number of nitrogens with one attached hydrogen (secondary N) is 1. The maximum atomic E-state index is 4.50. The Morgan fingerprint density at radius 2 is 1.62 bits per heavy atom.